The van der Waals surface area contributed by atoms with Crippen molar-refractivity contribution in [1.82, 2.24) is 15.1 Å². The lowest BCUT2D eigenvalue weighted by Crippen LogP contribution is -2.57. The number of carbonyl (C=O) groups is 4. The molecule has 12 heteroatoms. The molecule has 3 saturated heterocycles. The molecule has 4 aliphatic rings. The summed E-state index contributed by atoms with van der Waals surface area (Å²) < 4.78 is 29.7. The van der Waals surface area contributed by atoms with E-state index in [2.05, 4.69) is 37.1 Å². The molecule has 4 fully saturated rings. The highest BCUT2D eigenvalue weighted by Gasteiger charge is 2.72. The van der Waals surface area contributed by atoms with Crippen LogP contribution in [-0.2, 0) is 38.1 Å². The van der Waals surface area contributed by atoms with Crippen molar-refractivity contribution in [3.8, 4) is 0 Å². The van der Waals surface area contributed by atoms with E-state index in [1.807, 2.05) is 0 Å². The minimum Gasteiger partial charge on any atom is -0.463 e. The van der Waals surface area contributed by atoms with Crippen molar-refractivity contribution in [3.63, 3.8) is 0 Å². The Morgan fingerprint density at radius 1 is 1.09 bits per heavy atom. The van der Waals surface area contributed by atoms with Crippen LogP contribution in [0.2, 0.25) is 0 Å². The van der Waals surface area contributed by atoms with Crippen LogP contribution < -0.4 is 5.32 Å². The molecule has 1 aliphatic carbocycles. The Balaban J connectivity index is 1.20. The van der Waals surface area contributed by atoms with Crippen LogP contribution in [0.15, 0.2) is 11.6 Å². The smallest absolute Gasteiger partial charge is 0.410 e. The fourth-order valence-corrected chi connectivity index (χ4v) is 6.49. The number of Topliss-reactive ketones (excluding diaryl/α,β-unsaturated/α-hetero) is 1. The number of hydrogen-bond acceptors (Lipinski definition) is 10. The molecule has 1 saturated carbocycles. The zero-order valence-electron chi connectivity index (χ0n) is 26.5. The molecule has 0 radical (unpaired) electrons. The molecule has 4 rings (SSSR count). The zero-order chi connectivity index (χ0) is 31.4. The second-order valence-corrected chi connectivity index (χ2v) is 12.8. The molecule has 3 heterocycles. The van der Waals surface area contributed by atoms with Gasteiger partial charge in [-0.05, 0) is 53.9 Å². The summed E-state index contributed by atoms with van der Waals surface area (Å²) >= 11 is 0. The van der Waals surface area contributed by atoms with Gasteiger partial charge in [-0.15, -0.1) is 0 Å². The third-order valence-corrected chi connectivity index (χ3v) is 9.21. The number of allylic oxidation sites excluding steroid dienone is 1. The third-order valence-electron chi connectivity index (χ3n) is 9.21. The number of esters is 1. The number of amides is 2. The molecule has 12 nitrogen and oxygen atoms in total. The monoisotopic (exact) mass is 607 g/mol. The van der Waals surface area contributed by atoms with E-state index in [1.165, 1.54) is 12.5 Å². The van der Waals surface area contributed by atoms with Crippen LogP contribution in [0.1, 0.15) is 66.7 Å². The van der Waals surface area contributed by atoms with Crippen molar-refractivity contribution < 1.29 is 42.9 Å². The van der Waals surface area contributed by atoms with E-state index >= 15 is 0 Å². The molecule has 2 amide bonds. The minimum absolute atomic E-state index is 0.0248. The molecule has 1 N–H and O–H groups in total. The summed E-state index contributed by atoms with van der Waals surface area (Å²) in [6.07, 6.45) is 3.75. The molecule has 242 valence electrons. The largest absolute Gasteiger partial charge is 0.463 e. The zero-order valence-corrected chi connectivity index (χ0v) is 26.5. The molecular weight excluding hydrogens is 558 g/mol. The number of nitrogens with zero attached hydrogens (tertiary/aromatic N) is 2. The normalized spacial score (nSPS) is 32.5. The van der Waals surface area contributed by atoms with Gasteiger partial charge in [0.2, 0.25) is 5.91 Å². The van der Waals surface area contributed by atoms with Crippen molar-refractivity contribution in [2.75, 3.05) is 53.0 Å². The van der Waals surface area contributed by atoms with Crippen LogP contribution in [0.4, 0.5) is 4.79 Å². The summed E-state index contributed by atoms with van der Waals surface area (Å²) in [7, 11) is 1.67. The van der Waals surface area contributed by atoms with Gasteiger partial charge in [0.25, 0.3) is 0 Å². The Hall–Kier alpha value is -2.54. The lowest BCUT2D eigenvalue weighted by molar-refractivity contribution is -0.147. The SMILES string of the molecule is CO[C@@H]1[C@H](OC(=O)N2CCN(CCOC(=O)[C@H](C)NC(=O)CCC(C)=O)CC2)CC[C@]2(CO2)[C@H]1[C@@]1(C)O[C@@H]1CC=C(C)C. The first-order chi connectivity index (χ1) is 20.4. The Kier molecular flexibility index (Phi) is 10.9. The number of epoxide rings is 2. The summed E-state index contributed by atoms with van der Waals surface area (Å²) in [4.78, 5) is 52.1. The second kappa shape index (κ2) is 14.0. The van der Waals surface area contributed by atoms with Gasteiger partial charge in [-0.3, -0.25) is 9.69 Å². The Morgan fingerprint density at radius 3 is 2.40 bits per heavy atom. The maximum absolute atomic E-state index is 13.2. The van der Waals surface area contributed by atoms with E-state index in [-0.39, 0.29) is 72.7 Å². The van der Waals surface area contributed by atoms with Crippen LogP contribution >= 0.6 is 0 Å². The fourth-order valence-electron chi connectivity index (χ4n) is 6.49. The summed E-state index contributed by atoms with van der Waals surface area (Å²) in [6.45, 7) is 12.9. The highest BCUT2D eigenvalue weighted by Crippen LogP contribution is 2.59. The molecule has 0 bridgehead atoms. The molecule has 1 spiro atoms. The second-order valence-electron chi connectivity index (χ2n) is 12.8. The van der Waals surface area contributed by atoms with Crippen molar-refractivity contribution in [3.05, 3.63) is 11.6 Å². The van der Waals surface area contributed by atoms with Gasteiger partial charge < -0.3 is 38.7 Å². The molecule has 0 aromatic carbocycles. The summed E-state index contributed by atoms with van der Waals surface area (Å²) in [5.41, 5.74) is 0.599. The van der Waals surface area contributed by atoms with Crippen molar-refractivity contribution in [1.29, 1.82) is 0 Å². The molecule has 0 aromatic rings. The number of carbonyl (C=O) groups excluding carboxylic acids is 4. The van der Waals surface area contributed by atoms with Gasteiger partial charge in [0.05, 0.1) is 18.6 Å². The van der Waals surface area contributed by atoms with E-state index in [0.717, 1.165) is 12.8 Å². The summed E-state index contributed by atoms with van der Waals surface area (Å²) in [5.74, 6) is -0.987. The number of methoxy groups -OCH3 is 1. The van der Waals surface area contributed by atoms with Crippen molar-refractivity contribution in [2.45, 2.75) is 102 Å². The van der Waals surface area contributed by atoms with Crippen LogP contribution in [0, 0.1) is 5.92 Å². The highest BCUT2D eigenvalue weighted by atomic mass is 16.6. The van der Waals surface area contributed by atoms with Gasteiger partial charge in [-0.1, -0.05) is 11.6 Å². The first-order valence-corrected chi connectivity index (χ1v) is 15.5. The first-order valence-electron chi connectivity index (χ1n) is 15.5. The van der Waals surface area contributed by atoms with Gasteiger partial charge >= 0.3 is 12.1 Å². The maximum Gasteiger partial charge on any atom is 0.410 e. The first kappa shape index (κ1) is 33.4. The predicted octanol–water partition coefficient (Wildman–Crippen LogP) is 2.23. The number of nitrogens with one attached hydrogen (secondary N) is 1. The third kappa shape index (κ3) is 8.34. The van der Waals surface area contributed by atoms with E-state index in [4.69, 9.17) is 23.7 Å². The lowest BCUT2D eigenvalue weighted by atomic mass is 9.68. The summed E-state index contributed by atoms with van der Waals surface area (Å²) in [5, 5.41) is 2.55. The van der Waals surface area contributed by atoms with Crippen molar-refractivity contribution in [2.24, 2.45) is 5.92 Å². The Labute approximate surface area is 254 Å². The van der Waals surface area contributed by atoms with Gasteiger partial charge in [0.15, 0.2) is 0 Å². The van der Waals surface area contributed by atoms with E-state index < -0.39 is 12.0 Å². The Bertz CT molecular complexity index is 1060. The highest BCUT2D eigenvalue weighted by molar-refractivity contribution is 5.87. The quantitative estimate of drug-likeness (QED) is 0.188. The number of hydrogen-bond donors (Lipinski definition) is 1. The topological polar surface area (TPSA) is 140 Å². The molecule has 7 atom stereocenters. The number of ketones is 1. The number of rotatable bonds is 13. The standard InChI is InChI=1S/C31H49N3O9/c1-20(2)7-9-24-30(5,43-24)27-26(39-6)23(11-12-31(27)19-41-31)42-29(38)34-15-13-33(14-16-34)17-18-40-28(37)22(4)32-25(36)10-8-21(3)35/h7,22-24,26-27H,8-19H2,1-6H3,(H,32,36)/t22-,23+,24+,26+,27+,30-,31-/m0/s1. The Morgan fingerprint density at radius 2 is 1.79 bits per heavy atom. The molecule has 3 aliphatic heterocycles. The maximum atomic E-state index is 13.2. The van der Waals surface area contributed by atoms with Crippen LogP contribution in [0.25, 0.3) is 0 Å². The van der Waals surface area contributed by atoms with Gasteiger partial charge in [0, 0.05) is 52.7 Å². The van der Waals surface area contributed by atoms with Crippen LogP contribution in [0.3, 0.4) is 0 Å². The predicted molar refractivity (Wildman–Crippen MR) is 156 cm³/mol. The number of ether oxygens (including phenoxy) is 5. The fraction of sp³-hybridized carbons (Fsp3) is 0.806. The minimum atomic E-state index is -0.792. The van der Waals surface area contributed by atoms with Crippen LogP contribution in [-0.4, -0.2) is 122 Å². The average Bonchev–Trinajstić information content (AvgIpc) is 3.88. The number of piperazine rings is 1. The molecule has 43 heavy (non-hydrogen) atoms. The molecule has 0 aromatic heterocycles. The molecule has 0 unspecified atom stereocenters. The van der Waals surface area contributed by atoms with E-state index in [9.17, 15) is 19.2 Å². The van der Waals surface area contributed by atoms with E-state index in [1.54, 1.807) is 18.9 Å². The van der Waals surface area contributed by atoms with Gasteiger partial charge in [0.1, 0.15) is 41.8 Å². The van der Waals surface area contributed by atoms with Crippen molar-refractivity contribution >= 4 is 23.8 Å². The lowest BCUT2D eigenvalue weighted by Gasteiger charge is -2.43. The van der Waals surface area contributed by atoms with E-state index in [0.29, 0.717) is 45.8 Å². The van der Waals surface area contributed by atoms with Gasteiger partial charge in [-0.25, -0.2) is 9.59 Å². The van der Waals surface area contributed by atoms with Gasteiger partial charge in [-0.2, -0.15) is 0 Å². The molecular formula is C31H49N3O9. The van der Waals surface area contributed by atoms with Crippen LogP contribution in [0.5, 0.6) is 0 Å². The summed E-state index contributed by atoms with van der Waals surface area (Å²) in [6, 6.07) is -0.792. The average molecular weight is 608 g/mol.